The Bertz CT molecular complexity index is 370. The maximum absolute atomic E-state index is 9.51. The summed E-state index contributed by atoms with van der Waals surface area (Å²) in [5.41, 5.74) is 3.08. The largest absolute Gasteiger partial charge is 0.496 e. The number of aliphatic hydroxyl groups excluding tert-OH is 1. The van der Waals surface area contributed by atoms with Crippen molar-refractivity contribution in [3.8, 4) is 11.5 Å². The lowest BCUT2D eigenvalue weighted by atomic mass is 9.98. The second kappa shape index (κ2) is 5.21. The molecule has 1 rings (SSSR count). The summed E-state index contributed by atoms with van der Waals surface area (Å²) in [4.78, 5) is 0. The molecule has 3 heteroatoms. The summed E-state index contributed by atoms with van der Waals surface area (Å²) >= 11 is 0. The normalized spacial score (nSPS) is 12.4. The molecule has 90 valence electrons. The van der Waals surface area contributed by atoms with Gasteiger partial charge in [-0.2, -0.15) is 0 Å². The Morgan fingerprint density at radius 1 is 1.25 bits per heavy atom. The average Bonchev–Trinajstić information content (AvgIpc) is 2.22. The minimum absolute atomic E-state index is 0.390. The summed E-state index contributed by atoms with van der Waals surface area (Å²) < 4.78 is 10.7. The third kappa shape index (κ3) is 2.47. The Labute approximate surface area is 97.0 Å². The van der Waals surface area contributed by atoms with Gasteiger partial charge in [0.2, 0.25) is 0 Å². The van der Waals surface area contributed by atoms with Crippen molar-refractivity contribution in [2.45, 2.75) is 33.3 Å². The van der Waals surface area contributed by atoms with Crippen LogP contribution in [0.1, 0.15) is 23.6 Å². The fraction of sp³-hybridized carbons (Fsp3) is 0.538. The molecule has 0 aliphatic rings. The second-order valence-corrected chi connectivity index (χ2v) is 4.09. The molecule has 0 radical (unpaired) electrons. The maximum atomic E-state index is 9.51. The number of methoxy groups -OCH3 is 2. The number of hydrogen-bond acceptors (Lipinski definition) is 3. The molecule has 0 saturated heterocycles. The first kappa shape index (κ1) is 12.8. The molecule has 0 bridgehead atoms. The van der Waals surface area contributed by atoms with E-state index in [-0.39, 0.29) is 6.10 Å². The lowest BCUT2D eigenvalue weighted by Crippen LogP contribution is -2.09. The molecule has 1 aromatic carbocycles. The van der Waals surface area contributed by atoms with Crippen LogP contribution in [0.4, 0.5) is 0 Å². The van der Waals surface area contributed by atoms with E-state index in [0.29, 0.717) is 6.42 Å². The smallest absolute Gasteiger partial charge is 0.125 e. The Morgan fingerprint density at radius 2 is 1.88 bits per heavy atom. The molecule has 16 heavy (non-hydrogen) atoms. The highest BCUT2D eigenvalue weighted by molar-refractivity contribution is 5.53. The SMILES string of the molecule is COc1cc(C)c(OC)c(CC(C)O)c1C. The molecule has 3 nitrogen and oxygen atoms in total. The third-order valence-corrected chi connectivity index (χ3v) is 2.73. The zero-order valence-corrected chi connectivity index (χ0v) is 10.6. The number of rotatable bonds is 4. The molecule has 1 unspecified atom stereocenters. The van der Waals surface area contributed by atoms with Gasteiger partial charge in [0, 0.05) is 12.0 Å². The van der Waals surface area contributed by atoms with Gasteiger partial charge in [-0.25, -0.2) is 0 Å². The highest BCUT2D eigenvalue weighted by Gasteiger charge is 2.15. The lowest BCUT2D eigenvalue weighted by molar-refractivity contribution is 0.193. The number of ether oxygens (including phenoxy) is 2. The first-order chi connectivity index (χ1) is 7.51. The fourth-order valence-corrected chi connectivity index (χ4v) is 1.96. The van der Waals surface area contributed by atoms with E-state index in [2.05, 4.69) is 0 Å². The topological polar surface area (TPSA) is 38.7 Å². The molecule has 1 aromatic rings. The molecule has 1 atom stereocenters. The van der Waals surface area contributed by atoms with Gasteiger partial charge in [-0.15, -0.1) is 0 Å². The van der Waals surface area contributed by atoms with E-state index in [9.17, 15) is 5.11 Å². The summed E-state index contributed by atoms with van der Waals surface area (Å²) in [6, 6.07) is 1.96. The lowest BCUT2D eigenvalue weighted by Gasteiger charge is -2.18. The number of hydrogen-bond donors (Lipinski definition) is 1. The predicted molar refractivity (Wildman–Crippen MR) is 64.4 cm³/mol. The van der Waals surface area contributed by atoms with Crippen molar-refractivity contribution >= 4 is 0 Å². The summed E-state index contributed by atoms with van der Waals surface area (Å²) in [5.74, 6) is 1.69. The highest BCUT2D eigenvalue weighted by Crippen LogP contribution is 2.34. The molecule has 0 saturated carbocycles. The van der Waals surface area contributed by atoms with Gasteiger partial charge < -0.3 is 14.6 Å². The molecule has 0 aliphatic heterocycles. The molecule has 0 spiro atoms. The van der Waals surface area contributed by atoms with Crippen LogP contribution in [0.25, 0.3) is 0 Å². The van der Waals surface area contributed by atoms with Gasteiger partial charge in [0.25, 0.3) is 0 Å². The summed E-state index contributed by atoms with van der Waals surface area (Å²) in [7, 11) is 3.31. The quantitative estimate of drug-likeness (QED) is 0.852. The van der Waals surface area contributed by atoms with Crippen molar-refractivity contribution in [3.63, 3.8) is 0 Å². The molecule has 1 N–H and O–H groups in total. The van der Waals surface area contributed by atoms with E-state index in [0.717, 1.165) is 28.2 Å². The van der Waals surface area contributed by atoms with E-state index < -0.39 is 0 Å². The van der Waals surface area contributed by atoms with Crippen LogP contribution in [0.3, 0.4) is 0 Å². The van der Waals surface area contributed by atoms with Crippen molar-refractivity contribution in [2.24, 2.45) is 0 Å². The van der Waals surface area contributed by atoms with Gasteiger partial charge in [-0.1, -0.05) is 0 Å². The van der Waals surface area contributed by atoms with Gasteiger partial charge in [-0.05, 0) is 38.0 Å². The molecular formula is C13H20O3. The standard InChI is InChI=1S/C13H20O3/c1-8-6-12(15-4)10(3)11(7-9(2)14)13(8)16-5/h6,9,14H,7H2,1-5H3. The number of benzene rings is 1. The van der Waals surface area contributed by atoms with Crippen molar-refractivity contribution in [3.05, 3.63) is 22.8 Å². The Hall–Kier alpha value is -1.22. The minimum Gasteiger partial charge on any atom is -0.496 e. The van der Waals surface area contributed by atoms with E-state index in [1.54, 1.807) is 21.1 Å². The summed E-state index contributed by atoms with van der Waals surface area (Å²) in [6.45, 7) is 5.73. The average molecular weight is 224 g/mol. The van der Waals surface area contributed by atoms with Crippen molar-refractivity contribution in [2.75, 3.05) is 14.2 Å². The van der Waals surface area contributed by atoms with Crippen LogP contribution in [0, 0.1) is 13.8 Å². The molecule has 0 amide bonds. The number of aliphatic hydroxyl groups is 1. The molecule has 0 heterocycles. The van der Waals surface area contributed by atoms with Crippen LogP contribution in [0.15, 0.2) is 6.07 Å². The van der Waals surface area contributed by atoms with Crippen molar-refractivity contribution in [1.29, 1.82) is 0 Å². The minimum atomic E-state index is -0.390. The van der Waals surface area contributed by atoms with Crippen molar-refractivity contribution in [1.82, 2.24) is 0 Å². The summed E-state index contributed by atoms with van der Waals surface area (Å²) in [5, 5.41) is 9.51. The first-order valence-electron chi connectivity index (χ1n) is 5.40. The van der Waals surface area contributed by atoms with Crippen LogP contribution in [-0.2, 0) is 6.42 Å². The van der Waals surface area contributed by atoms with Gasteiger partial charge in [0.05, 0.1) is 20.3 Å². The Morgan fingerprint density at radius 3 is 2.31 bits per heavy atom. The van der Waals surface area contributed by atoms with Crippen LogP contribution in [0.5, 0.6) is 11.5 Å². The van der Waals surface area contributed by atoms with E-state index in [4.69, 9.17) is 9.47 Å². The van der Waals surface area contributed by atoms with Crippen LogP contribution >= 0.6 is 0 Å². The van der Waals surface area contributed by atoms with E-state index in [1.807, 2.05) is 19.9 Å². The fourth-order valence-electron chi connectivity index (χ4n) is 1.96. The second-order valence-electron chi connectivity index (χ2n) is 4.09. The number of aryl methyl sites for hydroxylation is 1. The van der Waals surface area contributed by atoms with Gasteiger partial charge >= 0.3 is 0 Å². The zero-order chi connectivity index (χ0) is 12.3. The zero-order valence-electron chi connectivity index (χ0n) is 10.6. The van der Waals surface area contributed by atoms with E-state index >= 15 is 0 Å². The van der Waals surface area contributed by atoms with Crippen LogP contribution in [-0.4, -0.2) is 25.4 Å². The third-order valence-electron chi connectivity index (χ3n) is 2.73. The molecule has 0 aromatic heterocycles. The Balaban J connectivity index is 3.33. The molecule has 0 fully saturated rings. The molecular weight excluding hydrogens is 204 g/mol. The van der Waals surface area contributed by atoms with Crippen LogP contribution in [0.2, 0.25) is 0 Å². The van der Waals surface area contributed by atoms with Gasteiger partial charge in [-0.3, -0.25) is 0 Å². The monoisotopic (exact) mass is 224 g/mol. The highest BCUT2D eigenvalue weighted by atomic mass is 16.5. The van der Waals surface area contributed by atoms with E-state index in [1.165, 1.54) is 0 Å². The predicted octanol–water partition coefficient (Wildman–Crippen LogP) is 2.24. The molecule has 0 aliphatic carbocycles. The van der Waals surface area contributed by atoms with Crippen LogP contribution < -0.4 is 9.47 Å². The van der Waals surface area contributed by atoms with Gasteiger partial charge in [0.15, 0.2) is 0 Å². The summed E-state index contributed by atoms with van der Waals surface area (Å²) in [6.07, 6.45) is 0.187. The van der Waals surface area contributed by atoms with Gasteiger partial charge in [0.1, 0.15) is 11.5 Å². The first-order valence-corrected chi connectivity index (χ1v) is 5.40. The maximum Gasteiger partial charge on any atom is 0.125 e. The Kier molecular flexibility index (Phi) is 4.19. The van der Waals surface area contributed by atoms with Crippen molar-refractivity contribution < 1.29 is 14.6 Å².